The maximum Gasteiger partial charge on any atom is 0.146 e. The van der Waals surface area contributed by atoms with E-state index in [2.05, 4.69) is 39.9 Å². The highest BCUT2D eigenvalue weighted by Gasteiger charge is 2.20. The molecule has 3 heteroatoms. The SMILES string of the molecule is CCNC(C)c1cccc(F)c1N(C)CC(C)(C)C. The van der Waals surface area contributed by atoms with E-state index >= 15 is 0 Å². The number of hydrogen-bond acceptors (Lipinski definition) is 2. The summed E-state index contributed by atoms with van der Waals surface area (Å²) in [5.41, 5.74) is 1.87. The molecule has 1 N–H and O–H groups in total. The van der Waals surface area contributed by atoms with E-state index in [1.807, 2.05) is 18.0 Å². The lowest BCUT2D eigenvalue weighted by atomic mass is 9.95. The quantitative estimate of drug-likeness (QED) is 0.867. The van der Waals surface area contributed by atoms with Gasteiger partial charge in [-0.3, -0.25) is 0 Å². The van der Waals surface area contributed by atoms with Gasteiger partial charge in [0, 0.05) is 19.6 Å². The highest BCUT2D eigenvalue weighted by atomic mass is 19.1. The molecule has 0 saturated carbocycles. The summed E-state index contributed by atoms with van der Waals surface area (Å²) in [6, 6.07) is 5.48. The number of anilines is 1. The first-order chi connectivity index (χ1) is 8.76. The molecular formula is C16H27FN2. The van der Waals surface area contributed by atoms with E-state index in [1.54, 1.807) is 6.07 Å². The van der Waals surface area contributed by atoms with Gasteiger partial charge in [0.2, 0.25) is 0 Å². The van der Waals surface area contributed by atoms with E-state index in [1.165, 1.54) is 6.07 Å². The van der Waals surface area contributed by atoms with Gasteiger partial charge in [-0.1, -0.05) is 39.8 Å². The van der Waals surface area contributed by atoms with Crippen molar-refractivity contribution in [1.29, 1.82) is 0 Å². The first kappa shape index (κ1) is 16.0. The van der Waals surface area contributed by atoms with Crippen LogP contribution in [-0.2, 0) is 0 Å². The molecule has 0 amide bonds. The Hall–Kier alpha value is -1.09. The van der Waals surface area contributed by atoms with Gasteiger partial charge in [-0.05, 0) is 30.5 Å². The van der Waals surface area contributed by atoms with Crippen LogP contribution in [0.5, 0.6) is 0 Å². The second kappa shape index (κ2) is 6.38. The van der Waals surface area contributed by atoms with Crippen molar-refractivity contribution in [1.82, 2.24) is 5.32 Å². The van der Waals surface area contributed by atoms with Crippen LogP contribution >= 0.6 is 0 Å². The zero-order valence-electron chi connectivity index (χ0n) is 13.0. The van der Waals surface area contributed by atoms with Gasteiger partial charge in [-0.2, -0.15) is 0 Å². The molecule has 1 unspecified atom stereocenters. The van der Waals surface area contributed by atoms with Gasteiger partial charge in [0.15, 0.2) is 0 Å². The average Bonchev–Trinajstić information content (AvgIpc) is 2.26. The third-order valence-corrected chi connectivity index (χ3v) is 3.09. The molecule has 1 aromatic carbocycles. The lowest BCUT2D eigenvalue weighted by Crippen LogP contribution is -2.31. The summed E-state index contributed by atoms with van der Waals surface area (Å²) in [5.74, 6) is -0.144. The lowest BCUT2D eigenvalue weighted by molar-refractivity contribution is 0.415. The molecule has 0 bridgehead atoms. The minimum absolute atomic E-state index is 0.135. The summed E-state index contributed by atoms with van der Waals surface area (Å²) in [7, 11) is 1.96. The summed E-state index contributed by atoms with van der Waals surface area (Å²) >= 11 is 0. The molecule has 0 aliphatic heterocycles. The molecule has 1 rings (SSSR count). The standard InChI is InChI=1S/C16H27FN2/c1-7-18-12(2)13-9-8-10-14(17)15(13)19(6)11-16(3,4)5/h8-10,12,18H,7,11H2,1-6H3. The van der Waals surface area contributed by atoms with Crippen LogP contribution in [0.15, 0.2) is 18.2 Å². The summed E-state index contributed by atoms with van der Waals surface area (Å²) in [4.78, 5) is 2.03. The maximum atomic E-state index is 14.2. The smallest absolute Gasteiger partial charge is 0.146 e. The zero-order chi connectivity index (χ0) is 14.6. The molecule has 0 aliphatic rings. The van der Waals surface area contributed by atoms with Crippen molar-refractivity contribution in [2.75, 3.05) is 25.0 Å². The molecule has 0 aromatic heterocycles. The molecule has 0 aliphatic carbocycles. The number of nitrogens with one attached hydrogen (secondary N) is 1. The molecule has 0 spiro atoms. The summed E-state index contributed by atoms with van der Waals surface area (Å²) in [5, 5.41) is 3.35. The van der Waals surface area contributed by atoms with E-state index in [9.17, 15) is 4.39 Å². The second-order valence-corrected chi connectivity index (χ2v) is 6.37. The molecule has 108 valence electrons. The Morgan fingerprint density at radius 3 is 2.47 bits per heavy atom. The number of nitrogens with zero attached hydrogens (tertiary/aromatic N) is 1. The van der Waals surface area contributed by atoms with Crippen molar-refractivity contribution in [2.45, 2.75) is 40.7 Å². The summed E-state index contributed by atoms with van der Waals surface area (Å²) in [6.07, 6.45) is 0. The number of hydrogen-bond donors (Lipinski definition) is 1. The molecule has 0 heterocycles. The molecule has 0 saturated heterocycles. The fourth-order valence-corrected chi connectivity index (χ4v) is 2.49. The van der Waals surface area contributed by atoms with Crippen LogP contribution in [0, 0.1) is 11.2 Å². The molecule has 1 aromatic rings. The van der Waals surface area contributed by atoms with E-state index in [0.29, 0.717) is 5.69 Å². The fourth-order valence-electron chi connectivity index (χ4n) is 2.49. The van der Waals surface area contributed by atoms with Crippen LogP contribution in [0.3, 0.4) is 0 Å². The molecular weight excluding hydrogens is 239 g/mol. The molecule has 2 nitrogen and oxygen atoms in total. The highest BCUT2D eigenvalue weighted by molar-refractivity contribution is 5.55. The zero-order valence-corrected chi connectivity index (χ0v) is 13.0. The summed E-state index contributed by atoms with van der Waals surface area (Å²) < 4.78 is 14.2. The summed E-state index contributed by atoms with van der Waals surface area (Å²) in [6.45, 7) is 12.3. The van der Waals surface area contributed by atoms with Gasteiger partial charge in [-0.15, -0.1) is 0 Å². The Morgan fingerprint density at radius 1 is 1.32 bits per heavy atom. The third-order valence-electron chi connectivity index (χ3n) is 3.09. The van der Waals surface area contributed by atoms with Crippen LogP contribution in [0.1, 0.15) is 46.2 Å². The number of para-hydroxylation sites is 1. The highest BCUT2D eigenvalue weighted by Crippen LogP contribution is 2.30. The van der Waals surface area contributed by atoms with E-state index in [4.69, 9.17) is 0 Å². The van der Waals surface area contributed by atoms with Gasteiger partial charge in [0.1, 0.15) is 5.82 Å². The Kier molecular flexibility index (Phi) is 5.36. The third kappa shape index (κ3) is 4.50. The first-order valence-electron chi connectivity index (χ1n) is 6.99. The van der Waals surface area contributed by atoms with Crippen molar-refractivity contribution < 1.29 is 4.39 Å². The van der Waals surface area contributed by atoms with Crippen LogP contribution < -0.4 is 10.2 Å². The fraction of sp³-hybridized carbons (Fsp3) is 0.625. The normalized spacial score (nSPS) is 13.4. The van der Waals surface area contributed by atoms with Gasteiger partial charge in [0.05, 0.1) is 5.69 Å². The maximum absolute atomic E-state index is 14.2. The van der Waals surface area contributed by atoms with Gasteiger partial charge >= 0.3 is 0 Å². The van der Waals surface area contributed by atoms with E-state index < -0.39 is 0 Å². The van der Waals surface area contributed by atoms with Crippen molar-refractivity contribution in [3.8, 4) is 0 Å². The monoisotopic (exact) mass is 266 g/mol. The van der Waals surface area contributed by atoms with Crippen molar-refractivity contribution in [3.05, 3.63) is 29.6 Å². The molecule has 0 radical (unpaired) electrons. The van der Waals surface area contributed by atoms with Gasteiger partial charge in [0.25, 0.3) is 0 Å². The van der Waals surface area contributed by atoms with E-state index in [0.717, 1.165) is 18.7 Å². The topological polar surface area (TPSA) is 15.3 Å². The molecule has 19 heavy (non-hydrogen) atoms. The Bertz CT molecular complexity index is 410. The Morgan fingerprint density at radius 2 is 1.95 bits per heavy atom. The first-order valence-corrected chi connectivity index (χ1v) is 6.99. The Balaban J connectivity index is 3.10. The predicted octanol–water partition coefficient (Wildman–Crippen LogP) is 3.98. The average molecular weight is 266 g/mol. The van der Waals surface area contributed by atoms with Crippen molar-refractivity contribution in [3.63, 3.8) is 0 Å². The van der Waals surface area contributed by atoms with Crippen LogP contribution in [-0.4, -0.2) is 20.1 Å². The van der Waals surface area contributed by atoms with Gasteiger partial charge < -0.3 is 10.2 Å². The van der Waals surface area contributed by atoms with Crippen LogP contribution in [0.4, 0.5) is 10.1 Å². The van der Waals surface area contributed by atoms with Crippen LogP contribution in [0.25, 0.3) is 0 Å². The van der Waals surface area contributed by atoms with E-state index in [-0.39, 0.29) is 17.3 Å². The Labute approximate surface area is 117 Å². The van der Waals surface area contributed by atoms with Crippen molar-refractivity contribution in [2.24, 2.45) is 5.41 Å². The number of benzene rings is 1. The largest absolute Gasteiger partial charge is 0.371 e. The molecule has 0 fully saturated rings. The minimum atomic E-state index is -0.144. The number of halogens is 1. The molecule has 1 atom stereocenters. The lowest BCUT2D eigenvalue weighted by Gasteiger charge is -2.31. The predicted molar refractivity (Wildman–Crippen MR) is 81.2 cm³/mol. The second-order valence-electron chi connectivity index (χ2n) is 6.37. The van der Waals surface area contributed by atoms with Crippen molar-refractivity contribution >= 4 is 5.69 Å². The number of rotatable bonds is 5. The minimum Gasteiger partial charge on any atom is -0.371 e. The van der Waals surface area contributed by atoms with Gasteiger partial charge in [-0.25, -0.2) is 4.39 Å². The van der Waals surface area contributed by atoms with Crippen LogP contribution in [0.2, 0.25) is 0 Å².